The van der Waals surface area contributed by atoms with Gasteiger partial charge in [-0.3, -0.25) is 9.36 Å². The molecule has 4 aromatic rings. The van der Waals surface area contributed by atoms with Crippen LogP contribution in [0.15, 0.2) is 77.7 Å². The summed E-state index contributed by atoms with van der Waals surface area (Å²) in [5.74, 6) is 0.715. The summed E-state index contributed by atoms with van der Waals surface area (Å²) >= 11 is 0. The van der Waals surface area contributed by atoms with E-state index in [-0.39, 0.29) is 17.3 Å². The summed E-state index contributed by atoms with van der Waals surface area (Å²) in [6.07, 6.45) is 4.59. The summed E-state index contributed by atoms with van der Waals surface area (Å²) < 4.78 is 30.8. The minimum absolute atomic E-state index is 0.255. The molecule has 35 heavy (non-hydrogen) atoms. The van der Waals surface area contributed by atoms with Crippen LogP contribution < -0.4 is 19.9 Å². The maximum Gasteiger partial charge on any atom is 0.330 e. The second-order valence-corrected chi connectivity index (χ2v) is 7.53. The van der Waals surface area contributed by atoms with E-state index < -0.39 is 0 Å². The number of nitrogens with zero attached hydrogens (tertiary/aromatic N) is 1. The van der Waals surface area contributed by atoms with E-state index in [1.54, 1.807) is 60.8 Å². The van der Waals surface area contributed by atoms with E-state index in [0.717, 1.165) is 0 Å². The summed E-state index contributed by atoms with van der Waals surface area (Å²) in [4.78, 5) is 28.2. The number of halogens is 1. The van der Waals surface area contributed by atoms with Crippen molar-refractivity contribution in [1.82, 2.24) is 9.55 Å². The van der Waals surface area contributed by atoms with Crippen molar-refractivity contribution in [2.75, 3.05) is 21.3 Å². The quantitative estimate of drug-likeness (QED) is 0.290. The van der Waals surface area contributed by atoms with Crippen molar-refractivity contribution < 1.29 is 23.4 Å². The van der Waals surface area contributed by atoms with Gasteiger partial charge >= 0.3 is 5.69 Å². The van der Waals surface area contributed by atoms with Gasteiger partial charge < -0.3 is 19.2 Å². The van der Waals surface area contributed by atoms with Crippen LogP contribution in [0.25, 0.3) is 23.0 Å². The summed E-state index contributed by atoms with van der Waals surface area (Å²) in [5, 5.41) is 0. The average molecular weight is 474 g/mol. The Morgan fingerprint density at radius 3 is 2.26 bits per heavy atom. The van der Waals surface area contributed by atoms with E-state index in [1.807, 2.05) is 0 Å². The Bertz CT molecular complexity index is 1430. The zero-order chi connectivity index (χ0) is 24.9. The smallest absolute Gasteiger partial charge is 0.330 e. The first-order chi connectivity index (χ1) is 16.9. The molecule has 3 aromatic carbocycles. The highest BCUT2D eigenvalue weighted by Gasteiger charge is 2.18. The third-order valence-electron chi connectivity index (χ3n) is 5.42. The molecule has 0 unspecified atom stereocenters. The summed E-state index contributed by atoms with van der Waals surface area (Å²) in [7, 11) is 4.54. The number of methoxy groups -OCH3 is 3. The first kappa shape index (κ1) is 23.6. The molecule has 0 radical (unpaired) electrons. The molecule has 4 rings (SSSR count). The molecule has 0 aliphatic carbocycles. The average Bonchev–Trinajstić information content (AvgIpc) is 3.28. The standard InChI is InChI=1S/C27H23FN2O5/c1-33-24-14-19(15-25(34-2)26(24)35-3)22-16-29-27(32)30(22)21-6-4-5-18(13-21)23(31)12-9-17-7-10-20(28)11-8-17/h4-16H,1-3H3,(H,29,32). The fourth-order valence-electron chi connectivity index (χ4n) is 3.71. The van der Waals surface area contributed by atoms with Gasteiger partial charge in [-0.2, -0.15) is 0 Å². The van der Waals surface area contributed by atoms with Crippen LogP contribution in [-0.4, -0.2) is 36.7 Å². The van der Waals surface area contributed by atoms with Gasteiger partial charge in [0.05, 0.1) is 32.7 Å². The molecular weight excluding hydrogens is 451 g/mol. The number of allylic oxidation sites excluding steroid dienone is 1. The molecule has 0 bridgehead atoms. The van der Waals surface area contributed by atoms with Gasteiger partial charge in [0.25, 0.3) is 0 Å². The molecule has 178 valence electrons. The molecule has 0 fully saturated rings. The van der Waals surface area contributed by atoms with Gasteiger partial charge in [-0.15, -0.1) is 0 Å². The van der Waals surface area contributed by atoms with Gasteiger partial charge in [0.2, 0.25) is 5.75 Å². The minimum Gasteiger partial charge on any atom is -0.493 e. The first-order valence-electron chi connectivity index (χ1n) is 10.6. The van der Waals surface area contributed by atoms with Crippen molar-refractivity contribution in [2.24, 2.45) is 0 Å². The molecule has 0 aliphatic rings. The van der Waals surface area contributed by atoms with Crippen LogP contribution >= 0.6 is 0 Å². The van der Waals surface area contributed by atoms with Crippen LogP contribution in [0, 0.1) is 5.82 Å². The number of carbonyl (C=O) groups excluding carboxylic acids is 1. The number of imidazole rings is 1. The lowest BCUT2D eigenvalue weighted by molar-refractivity contribution is 0.104. The van der Waals surface area contributed by atoms with E-state index in [0.29, 0.717) is 45.3 Å². The van der Waals surface area contributed by atoms with E-state index in [4.69, 9.17) is 14.2 Å². The molecule has 0 amide bonds. The molecule has 8 heteroatoms. The number of H-pyrrole nitrogens is 1. The predicted octanol–water partition coefficient (Wildman–Crippen LogP) is 4.89. The van der Waals surface area contributed by atoms with Crippen LogP contribution in [0.1, 0.15) is 15.9 Å². The lowest BCUT2D eigenvalue weighted by Crippen LogP contribution is -2.16. The van der Waals surface area contributed by atoms with Crippen LogP contribution in [0.3, 0.4) is 0 Å². The molecule has 1 aromatic heterocycles. The zero-order valence-corrected chi connectivity index (χ0v) is 19.4. The highest BCUT2D eigenvalue weighted by molar-refractivity contribution is 6.07. The normalized spacial score (nSPS) is 11.0. The maximum atomic E-state index is 13.1. The van der Waals surface area contributed by atoms with Gasteiger partial charge in [-0.05, 0) is 48.0 Å². The second-order valence-electron chi connectivity index (χ2n) is 7.53. The zero-order valence-electron chi connectivity index (χ0n) is 19.4. The molecule has 0 saturated heterocycles. The molecule has 1 heterocycles. The fourth-order valence-corrected chi connectivity index (χ4v) is 3.71. The van der Waals surface area contributed by atoms with Crippen LogP contribution in [0.2, 0.25) is 0 Å². The number of aromatic nitrogens is 2. The second kappa shape index (κ2) is 10.1. The number of hydrogen-bond donors (Lipinski definition) is 1. The van der Waals surface area contributed by atoms with Crippen molar-refractivity contribution >= 4 is 11.9 Å². The fraction of sp³-hybridized carbons (Fsp3) is 0.111. The van der Waals surface area contributed by atoms with Crippen molar-refractivity contribution in [3.8, 4) is 34.2 Å². The number of aromatic amines is 1. The Morgan fingerprint density at radius 1 is 0.943 bits per heavy atom. The summed E-state index contributed by atoms with van der Waals surface area (Å²) in [5.41, 5.74) is 2.40. The maximum absolute atomic E-state index is 13.1. The van der Waals surface area contributed by atoms with Crippen molar-refractivity contribution in [1.29, 1.82) is 0 Å². The predicted molar refractivity (Wildman–Crippen MR) is 131 cm³/mol. The van der Waals surface area contributed by atoms with Gasteiger partial charge in [0.15, 0.2) is 17.3 Å². The minimum atomic E-state index is -0.375. The molecule has 0 aliphatic heterocycles. The van der Waals surface area contributed by atoms with Crippen LogP contribution in [0.5, 0.6) is 17.2 Å². The first-order valence-corrected chi connectivity index (χ1v) is 10.6. The molecule has 0 spiro atoms. The highest BCUT2D eigenvalue weighted by Crippen LogP contribution is 2.41. The number of carbonyl (C=O) groups is 1. The van der Waals surface area contributed by atoms with E-state index in [9.17, 15) is 14.0 Å². The summed E-state index contributed by atoms with van der Waals surface area (Å²) in [6.45, 7) is 0. The Morgan fingerprint density at radius 2 is 1.63 bits per heavy atom. The molecule has 0 saturated carbocycles. The molecule has 1 N–H and O–H groups in total. The third-order valence-corrected chi connectivity index (χ3v) is 5.42. The van der Waals surface area contributed by atoms with Crippen molar-refractivity contribution in [3.63, 3.8) is 0 Å². The Kier molecular flexibility index (Phi) is 6.82. The number of ketones is 1. The van der Waals surface area contributed by atoms with Gasteiger partial charge in [-0.25, -0.2) is 9.18 Å². The van der Waals surface area contributed by atoms with Gasteiger partial charge in [0, 0.05) is 17.3 Å². The highest BCUT2D eigenvalue weighted by atomic mass is 19.1. The molecular formula is C27H23FN2O5. The number of benzene rings is 3. The Balaban J connectivity index is 1.72. The van der Waals surface area contributed by atoms with Crippen LogP contribution in [0.4, 0.5) is 4.39 Å². The van der Waals surface area contributed by atoms with Crippen molar-refractivity contribution in [2.45, 2.75) is 0 Å². The van der Waals surface area contributed by atoms with E-state index in [1.165, 1.54) is 44.1 Å². The number of nitrogens with one attached hydrogen (secondary N) is 1. The van der Waals surface area contributed by atoms with E-state index >= 15 is 0 Å². The monoisotopic (exact) mass is 474 g/mol. The number of rotatable bonds is 8. The SMILES string of the molecule is COc1cc(-c2c[nH]c(=O)n2-c2cccc(C(=O)C=Cc3ccc(F)cc3)c2)cc(OC)c1OC. The Hall–Kier alpha value is -4.59. The van der Waals surface area contributed by atoms with Gasteiger partial charge in [0.1, 0.15) is 5.82 Å². The van der Waals surface area contributed by atoms with Crippen molar-refractivity contribution in [3.05, 3.63) is 100 Å². The third kappa shape index (κ3) is 4.86. The van der Waals surface area contributed by atoms with Gasteiger partial charge in [-0.1, -0.05) is 30.3 Å². The lowest BCUT2D eigenvalue weighted by atomic mass is 10.1. The Labute approximate surface area is 201 Å². The number of ether oxygens (including phenoxy) is 3. The van der Waals surface area contributed by atoms with E-state index in [2.05, 4.69) is 4.98 Å². The molecule has 7 nitrogen and oxygen atoms in total. The summed E-state index contributed by atoms with van der Waals surface area (Å²) in [6, 6.07) is 16.0. The molecule has 0 atom stereocenters. The largest absolute Gasteiger partial charge is 0.493 e. The van der Waals surface area contributed by atoms with Crippen LogP contribution in [-0.2, 0) is 0 Å². The number of hydrogen-bond acceptors (Lipinski definition) is 5. The lowest BCUT2D eigenvalue weighted by Gasteiger charge is -2.15. The topological polar surface area (TPSA) is 82.6 Å².